The van der Waals surface area contributed by atoms with Crippen LogP contribution in [0.2, 0.25) is 0 Å². The van der Waals surface area contributed by atoms with Crippen LogP contribution in [-0.2, 0) is 0 Å². The topological polar surface area (TPSA) is 52.3 Å². The predicted octanol–water partition coefficient (Wildman–Crippen LogP) is 1.89. The van der Waals surface area contributed by atoms with Gasteiger partial charge in [-0.05, 0) is 29.8 Å². The van der Waals surface area contributed by atoms with Crippen LogP contribution in [0.3, 0.4) is 0 Å². The quantitative estimate of drug-likeness (QED) is 0.474. The molecule has 0 fully saturated rings. The molecule has 0 unspecified atom stereocenters. The van der Waals surface area contributed by atoms with Gasteiger partial charge in [-0.15, -0.1) is 16.6 Å². The largest absolute Gasteiger partial charge is 0.497 e. The maximum absolute atomic E-state index is 5.21. The third kappa shape index (κ3) is 3.60. The van der Waals surface area contributed by atoms with Crippen molar-refractivity contribution in [3.05, 3.63) is 36.2 Å². The summed E-state index contributed by atoms with van der Waals surface area (Å²) in [5, 5.41) is 12.7. The van der Waals surface area contributed by atoms with E-state index in [1.807, 2.05) is 24.3 Å². The van der Waals surface area contributed by atoms with Crippen molar-refractivity contribution in [2.75, 3.05) is 12.9 Å². The highest BCUT2D eigenvalue weighted by Gasteiger charge is 2.01. The summed E-state index contributed by atoms with van der Waals surface area (Å²) in [6, 6.07) is 7.59. The molecule has 0 N–H and O–H groups in total. The standard InChI is InChI=1S/C13H12N4OS/c1-3-8-19-13-16-14-10-17(13)15-9-11-4-6-12(18-2)7-5-11/h1,4-7,9-10H,8H2,2H3. The van der Waals surface area contributed by atoms with Crippen LogP contribution in [0.5, 0.6) is 5.75 Å². The molecule has 0 saturated heterocycles. The minimum absolute atomic E-state index is 0.538. The average molecular weight is 272 g/mol. The molecule has 1 aromatic carbocycles. The fraction of sp³-hybridized carbons (Fsp3) is 0.154. The fourth-order valence-electron chi connectivity index (χ4n) is 1.32. The summed E-state index contributed by atoms with van der Waals surface area (Å²) in [7, 11) is 1.63. The van der Waals surface area contributed by atoms with E-state index >= 15 is 0 Å². The molecule has 0 aliphatic heterocycles. The lowest BCUT2D eigenvalue weighted by Gasteiger charge is -1.99. The first-order valence-corrected chi connectivity index (χ1v) is 6.46. The number of aromatic nitrogens is 3. The lowest BCUT2D eigenvalue weighted by Crippen LogP contribution is -1.92. The molecule has 96 valence electrons. The molecule has 0 aliphatic carbocycles. The van der Waals surface area contributed by atoms with Crippen molar-refractivity contribution in [3.63, 3.8) is 0 Å². The van der Waals surface area contributed by atoms with Crippen molar-refractivity contribution in [1.82, 2.24) is 14.9 Å². The van der Waals surface area contributed by atoms with Crippen LogP contribution in [0.15, 0.2) is 40.9 Å². The number of hydrogen-bond acceptors (Lipinski definition) is 5. The Balaban J connectivity index is 2.09. The number of hydrogen-bond donors (Lipinski definition) is 0. The zero-order valence-corrected chi connectivity index (χ0v) is 11.2. The number of methoxy groups -OCH3 is 1. The Labute approximate surface area is 115 Å². The summed E-state index contributed by atoms with van der Waals surface area (Å²) in [4.78, 5) is 0. The summed E-state index contributed by atoms with van der Waals surface area (Å²) >= 11 is 1.41. The second-order valence-corrected chi connectivity index (χ2v) is 4.41. The molecule has 0 amide bonds. The zero-order valence-electron chi connectivity index (χ0n) is 10.4. The Morgan fingerprint density at radius 2 is 2.26 bits per heavy atom. The Bertz CT molecular complexity index is 598. The van der Waals surface area contributed by atoms with Crippen LogP contribution in [-0.4, -0.2) is 34.0 Å². The average Bonchev–Trinajstić information content (AvgIpc) is 2.91. The molecule has 2 aromatic rings. The van der Waals surface area contributed by atoms with Gasteiger partial charge in [0.15, 0.2) is 0 Å². The number of benzene rings is 1. The summed E-state index contributed by atoms with van der Waals surface area (Å²) in [5.74, 6) is 3.89. The van der Waals surface area contributed by atoms with E-state index in [-0.39, 0.29) is 0 Å². The lowest BCUT2D eigenvalue weighted by atomic mass is 10.2. The Hall–Kier alpha value is -2.26. The third-order valence-corrected chi connectivity index (χ3v) is 3.07. The fourth-order valence-corrected chi connectivity index (χ4v) is 1.86. The highest BCUT2D eigenvalue weighted by molar-refractivity contribution is 7.99. The maximum atomic E-state index is 5.21. The second-order valence-electron chi connectivity index (χ2n) is 3.47. The summed E-state index contributed by atoms with van der Waals surface area (Å²) in [6.07, 6.45) is 8.47. The van der Waals surface area contributed by atoms with Gasteiger partial charge in [0.2, 0.25) is 5.16 Å². The van der Waals surface area contributed by atoms with Crippen molar-refractivity contribution in [1.29, 1.82) is 0 Å². The Morgan fingerprint density at radius 3 is 2.95 bits per heavy atom. The van der Waals surface area contributed by atoms with Crippen LogP contribution in [0, 0.1) is 12.3 Å². The van der Waals surface area contributed by atoms with Crippen molar-refractivity contribution < 1.29 is 4.74 Å². The summed E-state index contributed by atoms with van der Waals surface area (Å²) in [6.45, 7) is 0. The Morgan fingerprint density at radius 1 is 1.47 bits per heavy atom. The van der Waals surface area contributed by atoms with Crippen LogP contribution < -0.4 is 4.74 Å². The number of terminal acetylenes is 1. The molecule has 5 nitrogen and oxygen atoms in total. The zero-order chi connectivity index (χ0) is 13.5. The predicted molar refractivity (Wildman–Crippen MR) is 75.6 cm³/mol. The minimum atomic E-state index is 0.538. The summed E-state index contributed by atoms with van der Waals surface area (Å²) in [5.41, 5.74) is 0.961. The highest BCUT2D eigenvalue weighted by Crippen LogP contribution is 2.14. The lowest BCUT2D eigenvalue weighted by molar-refractivity contribution is 0.415. The Kier molecular flexibility index (Phi) is 4.59. The molecule has 1 aromatic heterocycles. The monoisotopic (exact) mass is 272 g/mol. The van der Waals surface area contributed by atoms with Gasteiger partial charge in [0.05, 0.1) is 19.1 Å². The molecule has 0 atom stereocenters. The van der Waals surface area contributed by atoms with E-state index in [1.165, 1.54) is 11.8 Å². The van der Waals surface area contributed by atoms with Gasteiger partial charge in [-0.25, -0.2) is 0 Å². The van der Waals surface area contributed by atoms with Gasteiger partial charge in [-0.3, -0.25) is 0 Å². The number of rotatable bonds is 5. The van der Waals surface area contributed by atoms with Gasteiger partial charge >= 0.3 is 0 Å². The molecule has 0 saturated carbocycles. The maximum Gasteiger partial charge on any atom is 0.212 e. The minimum Gasteiger partial charge on any atom is -0.497 e. The first-order valence-electron chi connectivity index (χ1n) is 5.48. The SMILES string of the molecule is C#CCSc1nncn1N=Cc1ccc(OC)cc1. The van der Waals surface area contributed by atoms with Gasteiger partial charge in [-0.2, -0.15) is 9.78 Å². The van der Waals surface area contributed by atoms with E-state index < -0.39 is 0 Å². The second kappa shape index (κ2) is 6.61. The number of thioether (sulfide) groups is 1. The molecule has 0 radical (unpaired) electrons. The van der Waals surface area contributed by atoms with Gasteiger partial charge in [0.25, 0.3) is 0 Å². The van der Waals surface area contributed by atoms with E-state index in [0.29, 0.717) is 10.9 Å². The van der Waals surface area contributed by atoms with Crippen LogP contribution in [0.1, 0.15) is 5.56 Å². The van der Waals surface area contributed by atoms with Gasteiger partial charge < -0.3 is 4.74 Å². The molecular weight excluding hydrogens is 260 g/mol. The smallest absolute Gasteiger partial charge is 0.212 e. The van der Waals surface area contributed by atoms with Crippen molar-refractivity contribution in [2.45, 2.75) is 5.16 Å². The number of nitrogens with zero attached hydrogens (tertiary/aromatic N) is 4. The molecule has 0 spiro atoms. The van der Waals surface area contributed by atoms with E-state index in [0.717, 1.165) is 11.3 Å². The number of ether oxygens (including phenoxy) is 1. The van der Waals surface area contributed by atoms with E-state index in [2.05, 4.69) is 21.2 Å². The molecule has 19 heavy (non-hydrogen) atoms. The van der Waals surface area contributed by atoms with Crippen LogP contribution in [0.4, 0.5) is 0 Å². The normalized spacial score (nSPS) is 10.5. The van der Waals surface area contributed by atoms with Crippen molar-refractivity contribution in [2.24, 2.45) is 5.10 Å². The van der Waals surface area contributed by atoms with Crippen molar-refractivity contribution in [3.8, 4) is 18.1 Å². The van der Waals surface area contributed by atoms with Gasteiger partial charge in [-0.1, -0.05) is 17.7 Å². The summed E-state index contributed by atoms with van der Waals surface area (Å²) < 4.78 is 6.68. The van der Waals surface area contributed by atoms with Crippen molar-refractivity contribution >= 4 is 18.0 Å². The van der Waals surface area contributed by atoms with Gasteiger partial charge in [0.1, 0.15) is 12.1 Å². The van der Waals surface area contributed by atoms with Crippen LogP contribution >= 0.6 is 11.8 Å². The third-order valence-electron chi connectivity index (χ3n) is 2.23. The molecule has 0 aliphatic rings. The van der Waals surface area contributed by atoms with E-state index in [1.54, 1.807) is 24.3 Å². The molecule has 1 heterocycles. The highest BCUT2D eigenvalue weighted by atomic mass is 32.2. The van der Waals surface area contributed by atoms with Gasteiger partial charge in [0, 0.05) is 0 Å². The first-order chi connectivity index (χ1) is 9.33. The first kappa shape index (κ1) is 13.2. The van der Waals surface area contributed by atoms with Crippen LogP contribution in [0.25, 0.3) is 0 Å². The molecular formula is C13H12N4OS. The molecule has 0 bridgehead atoms. The molecule has 6 heteroatoms. The van der Waals surface area contributed by atoms with E-state index in [9.17, 15) is 0 Å². The van der Waals surface area contributed by atoms with E-state index in [4.69, 9.17) is 11.2 Å². The molecule has 2 rings (SSSR count).